The van der Waals surface area contributed by atoms with Gasteiger partial charge in [0.2, 0.25) is 5.91 Å². The van der Waals surface area contributed by atoms with Gasteiger partial charge < -0.3 is 4.90 Å². The molecule has 1 amide bonds. The number of allylic oxidation sites excluding steroid dienone is 12. The number of carbonyl (C=O) groups excluding carboxylic acids is 1. The second-order valence-electron chi connectivity index (χ2n) is 23.0. The Bertz CT molecular complexity index is 1770. The zero-order chi connectivity index (χ0) is 41.0. The summed E-state index contributed by atoms with van der Waals surface area (Å²) in [6, 6.07) is 7.27. The van der Waals surface area contributed by atoms with Gasteiger partial charge >= 0.3 is 0 Å². The molecule has 2 heteroatoms. The highest BCUT2D eigenvalue weighted by molar-refractivity contribution is 5.86. The van der Waals surface area contributed by atoms with Crippen molar-refractivity contribution in [2.45, 2.75) is 161 Å². The molecule has 2 atom stereocenters. The van der Waals surface area contributed by atoms with Gasteiger partial charge in [-0.1, -0.05) is 180 Å². The first kappa shape index (κ1) is 43.6. The molecule has 1 fully saturated rings. The van der Waals surface area contributed by atoms with Gasteiger partial charge in [0, 0.05) is 24.6 Å². The Morgan fingerprint density at radius 2 is 1.33 bits per heavy atom. The molecule has 54 heavy (non-hydrogen) atoms. The van der Waals surface area contributed by atoms with Crippen molar-refractivity contribution in [1.29, 1.82) is 0 Å². The summed E-state index contributed by atoms with van der Waals surface area (Å²) < 4.78 is 0. The maximum absolute atomic E-state index is 13.8. The van der Waals surface area contributed by atoms with E-state index in [1.807, 2.05) is 0 Å². The molecule has 3 aliphatic rings. The Balaban J connectivity index is 2.18. The van der Waals surface area contributed by atoms with E-state index in [1.165, 1.54) is 44.6 Å². The van der Waals surface area contributed by atoms with E-state index in [9.17, 15) is 4.79 Å². The minimum absolute atomic E-state index is 0.0106. The zero-order valence-corrected chi connectivity index (χ0v) is 37.9. The van der Waals surface area contributed by atoms with Gasteiger partial charge in [-0.3, -0.25) is 4.79 Å². The van der Waals surface area contributed by atoms with E-state index in [4.69, 9.17) is 0 Å². The van der Waals surface area contributed by atoms with Crippen LogP contribution in [0.5, 0.6) is 0 Å². The van der Waals surface area contributed by atoms with Crippen molar-refractivity contribution in [2.75, 3.05) is 6.54 Å². The van der Waals surface area contributed by atoms with E-state index in [-0.39, 0.29) is 44.3 Å². The molecule has 1 heterocycles. The lowest BCUT2D eigenvalue weighted by Gasteiger charge is -2.39. The van der Waals surface area contributed by atoms with E-state index >= 15 is 0 Å². The van der Waals surface area contributed by atoms with Gasteiger partial charge in [-0.05, 0) is 114 Å². The Labute approximate surface area is 332 Å². The number of carbonyl (C=O) groups is 1. The van der Waals surface area contributed by atoms with E-state index in [1.54, 1.807) is 0 Å². The summed E-state index contributed by atoms with van der Waals surface area (Å²) in [6.45, 7) is 47.1. The molecule has 0 N–H and O–H groups in total. The summed E-state index contributed by atoms with van der Waals surface area (Å²) in [5.74, 6) is 0.724. The van der Waals surface area contributed by atoms with Crippen LogP contribution >= 0.6 is 0 Å². The Morgan fingerprint density at radius 3 is 1.78 bits per heavy atom. The molecule has 0 saturated carbocycles. The average Bonchev–Trinajstić information content (AvgIpc) is 3.44. The van der Waals surface area contributed by atoms with Gasteiger partial charge in [0.1, 0.15) is 0 Å². The lowest BCUT2D eigenvalue weighted by Crippen LogP contribution is -2.30. The highest BCUT2D eigenvalue weighted by atomic mass is 16.2. The molecule has 2 unspecified atom stereocenters. The summed E-state index contributed by atoms with van der Waals surface area (Å²) in [5, 5.41) is 0. The number of benzene rings is 1. The topological polar surface area (TPSA) is 20.3 Å². The van der Waals surface area contributed by atoms with E-state index in [2.05, 4.69) is 191 Å². The fourth-order valence-corrected chi connectivity index (χ4v) is 7.50. The largest absolute Gasteiger partial charge is 0.312 e. The first-order chi connectivity index (χ1) is 24.4. The molecule has 2 nitrogen and oxygen atoms in total. The van der Waals surface area contributed by atoms with Crippen LogP contribution < -0.4 is 0 Å². The maximum atomic E-state index is 13.8. The molecule has 296 valence electrons. The van der Waals surface area contributed by atoms with E-state index < -0.39 is 0 Å². The molecule has 1 saturated heterocycles. The quantitative estimate of drug-likeness (QED) is 0.267. The molecule has 2 aliphatic carbocycles. The minimum Gasteiger partial charge on any atom is -0.312 e. The van der Waals surface area contributed by atoms with Crippen LogP contribution in [0.1, 0.15) is 167 Å². The normalized spacial score (nSPS) is 21.5. The van der Waals surface area contributed by atoms with Crippen molar-refractivity contribution in [3.05, 3.63) is 111 Å². The van der Waals surface area contributed by atoms with Crippen molar-refractivity contribution < 1.29 is 4.79 Å². The molecule has 1 aliphatic heterocycles. The van der Waals surface area contributed by atoms with Crippen LogP contribution in [0, 0.1) is 33.5 Å². The summed E-state index contributed by atoms with van der Waals surface area (Å²) in [7, 11) is 0. The van der Waals surface area contributed by atoms with Crippen LogP contribution in [-0.4, -0.2) is 17.4 Å². The second kappa shape index (κ2) is 15.1. The third kappa shape index (κ3) is 10.6. The van der Waals surface area contributed by atoms with Gasteiger partial charge in [-0.25, -0.2) is 0 Å². The minimum atomic E-state index is -0.0720. The summed E-state index contributed by atoms with van der Waals surface area (Å²) >= 11 is 0. The molecule has 0 radical (unpaired) electrons. The van der Waals surface area contributed by atoms with Gasteiger partial charge in [0.25, 0.3) is 0 Å². The van der Waals surface area contributed by atoms with E-state index in [0.717, 1.165) is 37.1 Å². The Morgan fingerprint density at radius 1 is 0.759 bits per heavy atom. The maximum Gasteiger partial charge on any atom is 0.227 e. The fourth-order valence-electron chi connectivity index (χ4n) is 7.50. The predicted molar refractivity (Wildman–Crippen MR) is 236 cm³/mol. The smallest absolute Gasteiger partial charge is 0.227 e. The summed E-state index contributed by atoms with van der Waals surface area (Å²) in [6.07, 6.45) is 18.0. The molecule has 0 bridgehead atoms. The molecule has 4 rings (SSSR count). The Kier molecular flexibility index (Phi) is 12.2. The highest BCUT2D eigenvalue weighted by Crippen LogP contribution is 2.50. The van der Waals surface area contributed by atoms with Crippen LogP contribution in [0.15, 0.2) is 94.8 Å². The third-order valence-corrected chi connectivity index (χ3v) is 11.7. The first-order valence-corrected chi connectivity index (χ1v) is 20.8. The van der Waals surface area contributed by atoms with Gasteiger partial charge in [-0.15, -0.1) is 0 Å². The molecular weight excluding hydrogens is 655 g/mol. The standard InChI is InChI=1S/C52H77NO/c1-34(48(5,6)7)25-35(22-23-47(2,3)4)42-32-44(37-28-40(51(14,15)16)31-41(29-37)52(17,18)19)45(53-24-20-21-46(53)54)33-43(42)36-26-38(49(8,9)10)30-39(27-36)50(11,12)13/h22-23,25-26,28-31,33,39,42H,1,20-21,24,27,32H2,2-19H3/b23-22+,35-25+. The van der Waals surface area contributed by atoms with Crippen LogP contribution in [-0.2, 0) is 15.6 Å². The molecule has 0 aromatic heterocycles. The van der Waals surface area contributed by atoms with Crippen molar-refractivity contribution >= 4 is 11.5 Å². The molecule has 1 aromatic carbocycles. The SMILES string of the molecule is C=C(/C=C(\C=C\C(C)(C)C)C1CC(c2cc(C(C)(C)C)cc(C(C)(C)C)c2)=C(N2CCCC2=O)C=C1C1=CC(C(C)(C)C)=CC(C(C)(C)C)C1)C(C)(C)C. The number of amides is 1. The number of likely N-dealkylation sites (tertiary alicyclic amines) is 1. The first-order valence-electron chi connectivity index (χ1n) is 20.8. The number of hydrogen-bond acceptors (Lipinski definition) is 1. The lowest BCUT2D eigenvalue weighted by molar-refractivity contribution is -0.125. The van der Waals surface area contributed by atoms with Crippen LogP contribution in [0.25, 0.3) is 5.57 Å². The van der Waals surface area contributed by atoms with Crippen LogP contribution in [0.2, 0.25) is 0 Å². The van der Waals surface area contributed by atoms with Crippen molar-refractivity contribution in [3.63, 3.8) is 0 Å². The third-order valence-electron chi connectivity index (χ3n) is 11.7. The predicted octanol–water partition coefficient (Wildman–Crippen LogP) is 14.7. The Hall–Kier alpha value is -3.13. The van der Waals surface area contributed by atoms with Crippen LogP contribution in [0.4, 0.5) is 0 Å². The lowest BCUT2D eigenvalue weighted by atomic mass is 9.66. The summed E-state index contributed by atoms with van der Waals surface area (Å²) in [5.41, 5.74) is 12.9. The average molecular weight is 732 g/mol. The fraction of sp³-hybridized carbons (Fsp3) is 0.596. The number of hydrogen-bond donors (Lipinski definition) is 0. The van der Waals surface area contributed by atoms with Crippen molar-refractivity contribution in [2.24, 2.45) is 33.5 Å². The summed E-state index contributed by atoms with van der Waals surface area (Å²) in [4.78, 5) is 16.0. The van der Waals surface area contributed by atoms with Gasteiger partial charge in [0.05, 0.1) is 0 Å². The van der Waals surface area contributed by atoms with Crippen molar-refractivity contribution in [1.82, 2.24) is 4.90 Å². The zero-order valence-electron chi connectivity index (χ0n) is 37.9. The number of nitrogens with zero attached hydrogens (tertiary/aromatic N) is 1. The monoisotopic (exact) mass is 732 g/mol. The molecular formula is C52H77NO. The van der Waals surface area contributed by atoms with Gasteiger partial charge in [0.15, 0.2) is 0 Å². The van der Waals surface area contributed by atoms with Crippen molar-refractivity contribution in [3.8, 4) is 0 Å². The highest BCUT2D eigenvalue weighted by Gasteiger charge is 2.38. The second-order valence-corrected chi connectivity index (χ2v) is 23.0. The number of rotatable bonds is 6. The molecule has 0 spiro atoms. The van der Waals surface area contributed by atoms with Crippen LogP contribution in [0.3, 0.4) is 0 Å². The molecule has 1 aromatic rings. The van der Waals surface area contributed by atoms with E-state index in [0.29, 0.717) is 12.3 Å². The van der Waals surface area contributed by atoms with Gasteiger partial charge in [-0.2, -0.15) is 0 Å².